The van der Waals surface area contributed by atoms with E-state index < -0.39 is 0 Å². The molecular formula is C19H21N3O3. The van der Waals surface area contributed by atoms with Crippen LogP contribution in [0.4, 0.5) is 5.69 Å². The molecule has 1 heterocycles. The molecule has 0 spiro atoms. The number of ether oxygens (including phenoxy) is 1. The Kier molecular flexibility index (Phi) is 5.07. The minimum atomic E-state index is -0.128. The predicted molar refractivity (Wildman–Crippen MR) is 93.6 cm³/mol. The molecule has 6 nitrogen and oxygen atoms in total. The fourth-order valence-corrected chi connectivity index (χ4v) is 2.93. The van der Waals surface area contributed by atoms with Crippen LogP contribution in [0.2, 0.25) is 0 Å². The smallest absolute Gasteiger partial charge is 0.322 e. The van der Waals surface area contributed by atoms with Crippen molar-refractivity contribution >= 4 is 17.4 Å². The molecule has 0 radical (unpaired) electrons. The van der Waals surface area contributed by atoms with E-state index in [4.69, 9.17) is 4.74 Å². The normalized spacial score (nSPS) is 15.0. The Balaban J connectivity index is 1.72. The number of rotatable bonds is 4. The number of hydrogen-bond donors (Lipinski definition) is 1. The van der Waals surface area contributed by atoms with Crippen LogP contribution in [0.5, 0.6) is 11.8 Å². The lowest BCUT2D eigenvalue weighted by molar-refractivity contribution is -0.125. The quantitative estimate of drug-likeness (QED) is 0.921. The van der Waals surface area contributed by atoms with Gasteiger partial charge in [-0.1, -0.05) is 18.2 Å². The van der Waals surface area contributed by atoms with E-state index in [0.717, 1.165) is 0 Å². The van der Waals surface area contributed by atoms with Crippen LogP contribution in [-0.4, -0.2) is 21.7 Å². The second kappa shape index (κ2) is 7.42. The van der Waals surface area contributed by atoms with Gasteiger partial charge in [0.25, 0.3) is 0 Å². The summed E-state index contributed by atoms with van der Waals surface area (Å²) in [7, 11) is 0. The van der Waals surface area contributed by atoms with Crippen molar-refractivity contribution in [2.75, 3.05) is 5.32 Å². The van der Waals surface area contributed by atoms with Gasteiger partial charge in [-0.2, -0.15) is 9.97 Å². The highest BCUT2D eigenvalue weighted by molar-refractivity contribution is 5.94. The fraction of sp³-hybridized carbons (Fsp3) is 0.368. The lowest BCUT2D eigenvalue weighted by Crippen LogP contribution is -2.28. The second-order valence-electron chi connectivity index (χ2n) is 6.27. The van der Waals surface area contributed by atoms with Gasteiger partial charge in [-0.15, -0.1) is 0 Å². The average molecular weight is 339 g/mol. The first kappa shape index (κ1) is 17.1. The molecule has 3 rings (SSSR count). The highest BCUT2D eigenvalue weighted by Crippen LogP contribution is 2.26. The minimum Gasteiger partial charge on any atom is -0.424 e. The van der Waals surface area contributed by atoms with Crippen LogP contribution in [0, 0.1) is 19.8 Å². The van der Waals surface area contributed by atoms with Crippen LogP contribution in [-0.2, 0) is 9.59 Å². The van der Waals surface area contributed by atoms with E-state index in [-0.39, 0.29) is 23.6 Å². The van der Waals surface area contributed by atoms with Crippen molar-refractivity contribution in [2.24, 2.45) is 5.92 Å². The van der Waals surface area contributed by atoms with E-state index in [1.807, 2.05) is 44.2 Å². The van der Waals surface area contributed by atoms with E-state index in [1.165, 1.54) is 0 Å². The molecule has 1 aromatic carbocycles. The number of carbonyl (C=O) groups excluding carboxylic acids is 2. The number of ketones is 1. The zero-order chi connectivity index (χ0) is 17.8. The van der Waals surface area contributed by atoms with Crippen LogP contribution in [0.15, 0.2) is 30.3 Å². The molecule has 0 unspecified atom stereocenters. The zero-order valence-electron chi connectivity index (χ0n) is 14.4. The molecule has 6 heteroatoms. The van der Waals surface area contributed by atoms with Gasteiger partial charge in [0.2, 0.25) is 5.91 Å². The summed E-state index contributed by atoms with van der Waals surface area (Å²) in [6, 6.07) is 9.56. The van der Waals surface area contributed by atoms with Crippen molar-refractivity contribution < 1.29 is 14.3 Å². The highest BCUT2D eigenvalue weighted by atomic mass is 16.5. The number of hydrogen-bond acceptors (Lipinski definition) is 5. The number of nitrogens with zero attached hydrogens (tertiary/aromatic N) is 2. The van der Waals surface area contributed by atoms with Gasteiger partial charge < -0.3 is 10.1 Å². The van der Waals surface area contributed by atoms with Crippen molar-refractivity contribution in [1.82, 2.24) is 9.97 Å². The number of anilines is 1. The van der Waals surface area contributed by atoms with E-state index in [0.29, 0.717) is 48.5 Å². The molecule has 1 amide bonds. The molecule has 1 aromatic heterocycles. The van der Waals surface area contributed by atoms with E-state index in [9.17, 15) is 9.59 Å². The number of amides is 1. The largest absolute Gasteiger partial charge is 0.424 e. The third-order valence-electron chi connectivity index (χ3n) is 4.36. The molecule has 1 aliphatic rings. The Morgan fingerprint density at radius 2 is 1.68 bits per heavy atom. The lowest BCUT2D eigenvalue weighted by atomic mass is 9.88. The maximum absolute atomic E-state index is 12.4. The SMILES string of the molecule is Cc1nc(Oc2ccccc2)nc(C)c1NC(=O)C1CCC(=O)CC1. The summed E-state index contributed by atoms with van der Waals surface area (Å²) >= 11 is 0. The molecule has 130 valence electrons. The third-order valence-corrected chi connectivity index (χ3v) is 4.36. The van der Waals surface area contributed by atoms with E-state index in [2.05, 4.69) is 15.3 Å². The maximum Gasteiger partial charge on any atom is 0.322 e. The van der Waals surface area contributed by atoms with Gasteiger partial charge in [-0.05, 0) is 38.8 Å². The summed E-state index contributed by atoms with van der Waals surface area (Å²) in [6.07, 6.45) is 2.18. The molecule has 1 aliphatic carbocycles. The van der Waals surface area contributed by atoms with E-state index in [1.54, 1.807) is 0 Å². The first-order valence-corrected chi connectivity index (χ1v) is 8.43. The number of carbonyl (C=O) groups is 2. The van der Waals surface area contributed by atoms with Gasteiger partial charge in [-0.25, -0.2) is 0 Å². The van der Waals surface area contributed by atoms with Crippen LogP contribution in [0.3, 0.4) is 0 Å². The fourth-order valence-electron chi connectivity index (χ4n) is 2.93. The monoisotopic (exact) mass is 339 g/mol. The van der Waals surface area contributed by atoms with Crippen LogP contribution < -0.4 is 10.1 Å². The summed E-state index contributed by atoms with van der Waals surface area (Å²) in [4.78, 5) is 32.4. The highest BCUT2D eigenvalue weighted by Gasteiger charge is 2.26. The van der Waals surface area contributed by atoms with Crippen molar-refractivity contribution in [3.63, 3.8) is 0 Å². The topological polar surface area (TPSA) is 81.2 Å². The Morgan fingerprint density at radius 1 is 1.08 bits per heavy atom. The first-order valence-electron chi connectivity index (χ1n) is 8.43. The van der Waals surface area contributed by atoms with Crippen LogP contribution in [0.25, 0.3) is 0 Å². The van der Waals surface area contributed by atoms with Gasteiger partial charge in [0, 0.05) is 18.8 Å². The van der Waals surface area contributed by atoms with Crippen molar-refractivity contribution in [1.29, 1.82) is 0 Å². The Hall–Kier alpha value is -2.76. The van der Waals surface area contributed by atoms with Crippen molar-refractivity contribution in [3.05, 3.63) is 41.7 Å². The van der Waals surface area contributed by atoms with Crippen LogP contribution >= 0.6 is 0 Å². The molecule has 2 aromatic rings. The summed E-state index contributed by atoms with van der Waals surface area (Å²) < 4.78 is 5.66. The number of Topliss-reactive ketones (excluding diaryl/α,β-unsaturated/α-hetero) is 1. The van der Waals surface area contributed by atoms with Crippen molar-refractivity contribution in [3.8, 4) is 11.8 Å². The van der Waals surface area contributed by atoms with Gasteiger partial charge in [-0.3, -0.25) is 9.59 Å². The molecule has 25 heavy (non-hydrogen) atoms. The number of aromatic nitrogens is 2. The Bertz CT molecular complexity index is 757. The second-order valence-corrected chi connectivity index (χ2v) is 6.27. The zero-order valence-corrected chi connectivity index (χ0v) is 14.4. The van der Waals surface area contributed by atoms with Gasteiger partial charge in [0.05, 0.1) is 17.1 Å². The Morgan fingerprint density at radius 3 is 2.28 bits per heavy atom. The summed E-state index contributed by atoms with van der Waals surface area (Å²) in [5.74, 6) is 0.697. The standard InChI is InChI=1S/C19H21N3O3/c1-12-17(22-18(24)14-8-10-15(23)11-9-14)13(2)21-19(20-12)25-16-6-4-3-5-7-16/h3-7,14H,8-11H2,1-2H3,(H,22,24). The molecule has 0 bridgehead atoms. The first-order chi connectivity index (χ1) is 12.0. The summed E-state index contributed by atoms with van der Waals surface area (Å²) in [5, 5.41) is 2.92. The Labute approximate surface area is 146 Å². The summed E-state index contributed by atoms with van der Waals surface area (Å²) in [5.41, 5.74) is 1.92. The molecule has 0 atom stereocenters. The maximum atomic E-state index is 12.4. The molecule has 0 saturated heterocycles. The van der Waals surface area contributed by atoms with Gasteiger partial charge in [0.1, 0.15) is 11.5 Å². The van der Waals surface area contributed by atoms with Gasteiger partial charge in [0.15, 0.2) is 0 Å². The average Bonchev–Trinajstić information content (AvgIpc) is 2.59. The van der Waals surface area contributed by atoms with E-state index >= 15 is 0 Å². The number of para-hydroxylation sites is 1. The molecular weight excluding hydrogens is 318 g/mol. The third kappa shape index (κ3) is 4.21. The lowest BCUT2D eigenvalue weighted by Gasteiger charge is -2.21. The molecule has 1 fully saturated rings. The van der Waals surface area contributed by atoms with Crippen molar-refractivity contribution in [2.45, 2.75) is 39.5 Å². The number of nitrogens with one attached hydrogen (secondary N) is 1. The number of aryl methyl sites for hydroxylation is 2. The van der Waals surface area contributed by atoms with Gasteiger partial charge >= 0.3 is 6.01 Å². The van der Waals surface area contributed by atoms with Crippen LogP contribution in [0.1, 0.15) is 37.1 Å². The predicted octanol–water partition coefficient (Wildman–Crippen LogP) is 3.58. The molecule has 1 saturated carbocycles. The molecule has 1 N–H and O–H groups in total. The number of benzene rings is 1. The minimum absolute atomic E-state index is 0.0703. The summed E-state index contributed by atoms with van der Waals surface area (Å²) in [6.45, 7) is 3.62. The molecule has 0 aliphatic heterocycles.